The van der Waals surface area contributed by atoms with Gasteiger partial charge in [0.05, 0.1) is 11.6 Å². The van der Waals surface area contributed by atoms with Crippen LogP contribution in [0.2, 0.25) is 0 Å². The number of hydrogen-bond acceptors (Lipinski definition) is 3. The van der Waals surface area contributed by atoms with Crippen molar-refractivity contribution in [1.29, 1.82) is 0 Å². The highest BCUT2D eigenvalue weighted by molar-refractivity contribution is 9.10. The lowest BCUT2D eigenvalue weighted by Gasteiger charge is -2.32. The van der Waals surface area contributed by atoms with Crippen LogP contribution in [-0.2, 0) is 9.53 Å². The predicted octanol–water partition coefficient (Wildman–Crippen LogP) is 4.26. The van der Waals surface area contributed by atoms with Gasteiger partial charge in [0.15, 0.2) is 23.3 Å². The molecular weight excluding hydrogens is 419 g/mol. The van der Waals surface area contributed by atoms with E-state index in [0.717, 1.165) is 27.0 Å². The van der Waals surface area contributed by atoms with Gasteiger partial charge in [0.25, 0.3) is 0 Å². The van der Waals surface area contributed by atoms with Gasteiger partial charge in [0, 0.05) is 17.4 Å². The Morgan fingerprint density at radius 1 is 1.36 bits per heavy atom. The fourth-order valence-corrected chi connectivity index (χ4v) is 3.48. The van der Waals surface area contributed by atoms with Crippen LogP contribution in [-0.4, -0.2) is 36.1 Å². The van der Waals surface area contributed by atoms with Gasteiger partial charge in [-0.1, -0.05) is 6.92 Å². The Kier molecular flexibility index (Phi) is 5.08. The SMILES string of the molecule is COc1c([C@H]2[C@H](C(=O)O)O[C@@](C)(C(F)(F)F)[C@H]2C)cc(Br)c(F)c1F. The quantitative estimate of drug-likeness (QED) is 0.572. The molecule has 10 heteroatoms. The van der Waals surface area contributed by atoms with Gasteiger partial charge in [-0.3, -0.25) is 0 Å². The average Bonchev–Trinajstić information content (AvgIpc) is 2.78. The topological polar surface area (TPSA) is 55.8 Å². The largest absolute Gasteiger partial charge is 0.493 e. The van der Waals surface area contributed by atoms with Gasteiger partial charge >= 0.3 is 12.1 Å². The molecule has 1 N–H and O–H groups in total. The summed E-state index contributed by atoms with van der Waals surface area (Å²) in [4.78, 5) is 11.5. The highest BCUT2D eigenvalue weighted by Crippen LogP contribution is 2.55. The summed E-state index contributed by atoms with van der Waals surface area (Å²) < 4.78 is 77.4. The van der Waals surface area contributed by atoms with Crippen LogP contribution >= 0.6 is 15.9 Å². The second-order valence-electron chi connectivity index (χ2n) is 5.90. The molecule has 0 aliphatic carbocycles. The standard InChI is InChI=1S/C15H14BrF5O4/c1-5-8(6-4-7(16)9(17)10(18)11(6)24-3)12(13(22)23)25-14(5,2)15(19,20)21/h4-5,8,12H,1-3H3,(H,22,23)/t5-,8-,12+,14+/m0/s1. The lowest BCUT2D eigenvalue weighted by Crippen LogP contribution is -2.47. The molecule has 4 atom stereocenters. The second-order valence-corrected chi connectivity index (χ2v) is 6.76. The number of ether oxygens (including phenoxy) is 2. The van der Waals surface area contributed by atoms with E-state index in [2.05, 4.69) is 15.9 Å². The Morgan fingerprint density at radius 2 is 1.92 bits per heavy atom. The average molecular weight is 433 g/mol. The van der Waals surface area contributed by atoms with Crippen LogP contribution < -0.4 is 4.74 Å². The molecule has 0 bridgehead atoms. The van der Waals surface area contributed by atoms with Crippen LogP contribution in [0, 0.1) is 17.6 Å². The first kappa shape index (κ1) is 19.9. The molecule has 140 valence electrons. The normalized spacial score (nSPS) is 29.7. The third kappa shape index (κ3) is 2.99. The zero-order valence-corrected chi connectivity index (χ0v) is 14.8. The van der Waals surface area contributed by atoms with E-state index in [9.17, 15) is 31.9 Å². The van der Waals surface area contributed by atoms with Crippen LogP contribution in [0.3, 0.4) is 0 Å². The number of benzene rings is 1. The van der Waals surface area contributed by atoms with Crippen LogP contribution in [0.5, 0.6) is 5.75 Å². The van der Waals surface area contributed by atoms with Crippen molar-refractivity contribution >= 4 is 21.9 Å². The molecule has 0 saturated carbocycles. The Balaban J connectivity index is 2.70. The maximum Gasteiger partial charge on any atom is 0.417 e. The molecule has 1 aromatic rings. The molecule has 4 nitrogen and oxygen atoms in total. The minimum absolute atomic E-state index is 0.221. The summed E-state index contributed by atoms with van der Waals surface area (Å²) in [5.41, 5.74) is -3.00. The number of hydrogen-bond donors (Lipinski definition) is 1. The molecule has 1 aliphatic heterocycles. The molecule has 0 amide bonds. The fourth-order valence-electron chi connectivity index (χ4n) is 3.06. The lowest BCUT2D eigenvalue weighted by atomic mass is 9.77. The summed E-state index contributed by atoms with van der Waals surface area (Å²) in [6.07, 6.45) is -6.77. The van der Waals surface area contributed by atoms with E-state index in [-0.39, 0.29) is 10.0 Å². The summed E-state index contributed by atoms with van der Waals surface area (Å²) in [6, 6.07) is 1.01. The smallest absolute Gasteiger partial charge is 0.417 e. The van der Waals surface area contributed by atoms with Crippen molar-refractivity contribution in [1.82, 2.24) is 0 Å². The fraction of sp³-hybridized carbons (Fsp3) is 0.533. The molecular formula is C15H14BrF5O4. The molecule has 1 heterocycles. The van der Waals surface area contributed by atoms with E-state index >= 15 is 0 Å². The van der Waals surface area contributed by atoms with Crippen LogP contribution in [0.4, 0.5) is 22.0 Å². The van der Waals surface area contributed by atoms with E-state index < -0.39 is 53.1 Å². The highest BCUT2D eigenvalue weighted by Gasteiger charge is 2.66. The summed E-state index contributed by atoms with van der Waals surface area (Å²) in [5.74, 6) is -7.84. The number of rotatable bonds is 3. The van der Waals surface area contributed by atoms with Crippen molar-refractivity contribution in [2.75, 3.05) is 7.11 Å². The molecule has 0 spiro atoms. The number of carboxylic acids is 1. The summed E-state index contributed by atoms with van der Waals surface area (Å²) in [7, 11) is 1.01. The lowest BCUT2D eigenvalue weighted by molar-refractivity contribution is -0.273. The zero-order valence-electron chi connectivity index (χ0n) is 13.2. The molecule has 0 radical (unpaired) electrons. The van der Waals surface area contributed by atoms with Crippen molar-refractivity contribution in [3.05, 3.63) is 27.7 Å². The van der Waals surface area contributed by atoms with Crippen molar-refractivity contribution in [2.24, 2.45) is 5.92 Å². The number of aliphatic carboxylic acids is 1. The molecule has 25 heavy (non-hydrogen) atoms. The van der Waals surface area contributed by atoms with E-state index in [0.29, 0.717) is 0 Å². The predicted molar refractivity (Wildman–Crippen MR) is 79.5 cm³/mol. The highest BCUT2D eigenvalue weighted by atomic mass is 79.9. The van der Waals surface area contributed by atoms with Gasteiger partial charge in [0.2, 0.25) is 5.82 Å². The zero-order chi connectivity index (χ0) is 19.3. The number of methoxy groups -OCH3 is 1. The van der Waals surface area contributed by atoms with Crippen molar-refractivity contribution in [2.45, 2.75) is 37.6 Å². The van der Waals surface area contributed by atoms with Crippen LogP contribution in [0.1, 0.15) is 25.3 Å². The Bertz CT molecular complexity index is 708. The Labute approximate surface area is 148 Å². The number of alkyl halides is 3. The minimum Gasteiger partial charge on any atom is -0.493 e. The maximum absolute atomic E-state index is 14.1. The van der Waals surface area contributed by atoms with Crippen molar-refractivity contribution in [3.63, 3.8) is 0 Å². The van der Waals surface area contributed by atoms with Gasteiger partial charge < -0.3 is 14.6 Å². The number of carbonyl (C=O) groups is 1. The van der Waals surface area contributed by atoms with E-state index in [1.807, 2.05) is 0 Å². The Morgan fingerprint density at radius 3 is 2.36 bits per heavy atom. The molecule has 1 aliphatic rings. The molecule has 1 saturated heterocycles. The van der Waals surface area contributed by atoms with Gasteiger partial charge in [0.1, 0.15) is 0 Å². The summed E-state index contributed by atoms with van der Waals surface area (Å²) >= 11 is 2.77. The first-order chi connectivity index (χ1) is 11.4. The van der Waals surface area contributed by atoms with Gasteiger partial charge in [-0.2, -0.15) is 17.6 Å². The first-order valence-electron chi connectivity index (χ1n) is 7.05. The van der Waals surface area contributed by atoms with Gasteiger partial charge in [-0.25, -0.2) is 9.18 Å². The number of halogens is 6. The summed E-state index contributed by atoms with van der Waals surface area (Å²) in [5, 5.41) is 9.30. The van der Waals surface area contributed by atoms with Crippen molar-refractivity contribution in [3.8, 4) is 5.75 Å². The van der Waals surface area contributed by atoms with Gasteiger partial charge in [-0.15, -0.1) is 0 Å². The number of carboxylic acid groups (broad SMARTS) is 1. The molecule has 0 unspecified atom stereocenters. The van der Waals surface area contributed by atoms with Crippen LogP contribution in [0.15, 0.2) is 10.5 Å². The van der Waals surface area contributed by atoms with E-state index in [1.165, 1.54) is 0 Å². The van der Waals surface area contributed by atoms with E-state index in [4.69, 9.17) is 9.47 Å². The molecule has 1 fully saturated rings. The van der Waals surface area contributed by atoms with E-state index in [1.54, 1.807) is 0 Å². The van der Waals surface area contributed by atoms with Crippen LogP contribution in [0.25, 0.3) is 0 Å². The van der Waals surface area contributed by atoms with Crippen molar-refractivity contribution < 1.29 is 41.3 Å². The summed E-state index contributed by atoms with van der Waals surface area (Å²) in [6.45, 7) is 1.88. The monoisotopic (exact) mass is 432 g/mol. The third-order valence-corrected chi connectivity index (χ3v) is 5.20. The minimum atomic E-state index is -4.86. The molecule has 1 aromatic carbocycles. The van der Waals surface area contributed by atoms with Gasteiger partial charge in [-0.05, 0) is 28.9 Å². The maximum atomic E-state index is 14.1. The molecule has 2 rings (SSSR count). The molecule has 0 aromatic heterocycles. The Hall–Kier alpha value is -1.42. The third-order valence-electron chi connectivity index (χ3n) is 4.62. The first-order valence-corrected chi connectivity index (χ1v) is 7.84. The second kappa shape index (κ2) is 6.39.